The molecule has 0 aliphatic rings. The topological polar surface area (TPSA) is 257 Å². The Kier molecular flexibility index (Phi) is 13.1. The minimum atomic E-state index is -5.99. The molecule has 4 atom stereocenters. The Balaban J connectivity index is -0.00000220. The van der Waals surface area contributed by atoms with Crippen LogP contribution in [0.5, 0.6) is 0 Å². The number of carbonyl (C=O) groups excluding carboxylic acids is 1. The van der Waals surface area contributed by atoms with Gasteiger partial charge in [-0.1, -0.05) is 0 Å². The number of aliphatic hydroxyl groups is 4. The molecule has 132 valence electrons. The van der Waals surface area contributed by atoms with Gasteiger partial charge in [-0.2, -0.15) is 0 Å². The number of hydrogen-bond donors (Lipinski definition) is 5. The van der Waals surface area contributed by atoms with Gasteiger partial charge in [-0.05, 0) is 0 Å². The normalized spacial score (nSPS) is 19.6. The third-order valence-electron chi connectivity index (χ3n) is 2.16. The number of hydrogen-bond acceptors (Lipinski definition) is 14. The predicted octanol–water partition coefficient (Wildman–Crippen LogP) is -11.8. The van der Waals surface area contributed by atoms with Crippen LogP contribution in [-0.2, 0) is 34.0 Å². The number of aldehydes is 1. The first kappa shape index (κ1) is 30.0. The first-order valence-electron chi connectivity index (χ1n) is 4.89. The minimum Gasteiger partial charge on any atom is -0.725 e. The van der Waals surface area contributed by atoms with Crippen molar-refractivity contribution in [2.45, 2.75) is 23.7 Å². The van der Waals surface area contributed by atoms with E-state index in [0.29, 0.717) is 0 Å². The predicted molar refractivity (Wildman–Crippen MR) is 58.6 cm³/mol. The van der Waals surface area contributed by atoms with Crippen LogP contribution in [0, 0.1) is 0 Å². The molecular weight excluding hydrogens is 404 g/mol. The average Bonchev–Trinajstić information content (AvgIpc) is 2.32. The molecule has 24 heavy (non-hydrogen) atoms. The molecular formula is C6H11NNa2O13S2. The molecule has 0 rings (SSSR count). The maximum Gasteiger partial charge on any atom is 1.00 e. The van der Waals surface area contributed by atoms with Crippen molar-refractivity contribution in [3.63, 3.8) is 0 Å². The molecule has 0 unspecified atom stereocenters. The number of carbonyl (C=O) groups is 1. The Morgan fingerprint density at radius 3 is 1.71 bits per heavy atom. The quantitative estimate of drug-likeness (QED) is 0.0770. The van der Waals surface area contributed by atoms with Gasteiger partial charge in [0, 0.05) is 0 Å². The molecule has 0 aromatic heterocycles. The molecule has 0 heterocycles. The SMILES string of the molecule is N[C@](C=O)(OS(=O)(=O)[O-])[C@](O)(OS(=O)(=O)[O-])[C@H](O)[C@H](O)CO.[Na+].[Na+]. The third kappa shape index (κ3) is 8.27. The minimum absolute atomic E-state index is 0. The summed E-state index contributed by atoms with van der Waals surface area (Å²) in [5, 5.41) is 37.0. The number of rotatable bonds is 9. The van der Waals surface area contributed by atoms with Gasteiger partial charge in [-0.25, -0.2) is 25.2 Å². The van der Waals surface area contributed by atoms with Crippen LogP contribution in [0.1, 0.15) is 0 Å². The monoisotopic (exact) mass is 415 g/mol. The van der Waals surface area contributed by atoms with E-state index in [0.717, 1.165) is 0 Å². The zero-order chi connectivity index (χ0) is 18.0. The van der Waals surface area contributed by atoms with Gasteiger partial charge in [0.25, 0.3) is 5.79 Å². The van der Waals surface area contributed by atoms with Gasteiger partial charge in [0.15, 0.2) is 6.29 Å². The molecule has 0 radical (unpaired) electrons. The maximum absolute atomic E-state index is 10.8. The van der Waals surface area contributed by atoms with E-state index in [4.69, 9.17) is 15.9 Å². The Bertz CT molecular complexity index is 610. The van der Waals surface area contributed by atoms with E-state index in [1.807, 2.05) is 0 Å². The summed E-state index contributed by atoms with van der Waals surface area (Å²) in [6.07, 6.45) is -6.45. The van der Waals surface area contributed by atoms with Crippen LogP contribution in [0.4, 0.5) is 0 Å². The summed E-state index contributed by atoms with van der Waals surface area (Å²) in [6.45, 7) is -1.40. The van der Waals surface area contributed by atoms with Gasteiger partial charge in [0.1, 0.15) is 12.2 Å². The first-order valence-corrected chi connectivity index (χ1v) is 7.56. The molecule has 0 aromatic rings. The van der Waals surface area contributed by atoms with Gasteiger partial charge >= 0.3 is 59.1 Å². The van der Waals surface area contributed by atoms with Crippen molar-refractivity contribution >= 4 is 27.1 Å². The molecule has 6 N–H and O–H groups in total. The van der Waals surface area contributed by atoms with Crippen LogP contribution in [0.15, 0.2) is 0 Å². The zero-order valence-corrected chi connectivity index (χ0v) is 17.9. The van der Waals surface area contributed by atoms with Crippen LogP contribution < -0.4 is 64.8 Å². The van der Waals surface area contributed by atoms with E-state index in [1.165, 1.54) is 0 Å². The molecule has 18 heteroatoms. The second-order valence-corrected chi connectivity index (χ2v) is 5.75. The molecule has 0 bridgehead atoms. The second kappa shape index (κ2) is 10.5. The smallest absolute Gasteiger partial charge is 0.725 e. The van der Waals surface area contributed by atoms with Crippen LogP contribution in [-0.4, -0.2) is 83.0 Å². The van der Waals surface area contributed by atoms with Crippen molar-refractivity contribution < 1.29 is 119 Å². The Labute approximate surface area is 180 Å². The van der Waals surface area contributed by atoms with E-state index in [-0.39, 0.29) is 59.1 Å². The molecule has 0 saturated heterocycles. The molecule has 0 spiro atoms. The third-order valence-corrected chi connectivity index (χ3v) is 3.09. The van der Waals surface area contributed by atoms with Crippen molar-refractivity contribution in [3.05, 3.63) is 0 Å². The fourth-order valence-electron chi connectivity index (χ4n) is 1.19. The standard InChI is InChI=1S/C6H13NO13S2.2Na/c7-5(2-9,19-21(13,14)15)6(12,20-22(16,17)18)4(11)3(10)1-8;;/h2-4,8,10-12H,1,7H2,(H,13,14,15)(H,16,17,18);;/q;2*+1/p-2/t3-,4-,5-,6-;;/m1../s1. The van der Waals surface area contributed by atoms with Gasteiger partial charge in [-0.15, -0.1) is 0 Å². The van der Waals surface area contributed by atoms with E-state index in [9.17, 15) is 40.9 Å². The molecule has 0 amide bonds. The fourth-order valence-corrected chi connectivity index (χ4v) is 2.23. The second-order valence-electron chi connectivity index (χ2n) is 3.79. The van der Waals surface area contributed by atoms with Crippen LogP contribution >= 0.6 is 0 Å². The summed E-state index contributed by atoms with van der Waals surface area (Å²) in [6, 6.07) is 0. The van der Waals surface area contributed by atoms with Gasteiger partial charge in [0.05, 0.1) is 6.61 Å². The van der Waals surface area contributed by atoms with Crippen LogP contribution in [0.3, 0.4) is 0 Å². The zero-order valence-electron chi connectivity index (χ0n) is 12.3. The van der Waals surface area contributed by atoms with Crippen molar-refractivity contribution in [1.29, 1.82) is 0 Å². The summed E-state index contributed by atoms with van der Waals surface area (Å²) in [7, 11) is -11.9. The Morgan fingerprint density at radius 1 is 1.08 bits per heavy atom. The molecule has 0 aliphatic heterocycles. The number of aliphatic hydroxyl groups excluding tert-OH is 3. The average molecular weight is 415 g/mol. The van der Waals surface area contributed by atoms with Gasteiger partial charge < -0.3 is 29.5 Å². The van der Waals surface area contributed by atoms with E-state index < -0.39 is 57.4 Å². The Morgan fingerprint density at radius 2 is 1.46 bits per heavy atom. The molecule has 14 nitrogen and oxygen atoms in total. The Hall–Kier alpha value is 1.21. The largest absolute Gasteiger partial charge is 1.00 e. The summed E-state index contributed by atoms with van der Waals surface area (Å²) in [4.78, 5) is 10.8. The van der Waals surface area contributed by atoms with Gasteiger partial charge in [-0.3, -0.25) is 10.5 Å². The molecule has 0 saturated carbocycles. The van der Waals surface area contributed by atoms with E-state index >= 15 is 0 Å². The summed E-state index contributed by atoms with van der Waals surface area (Å²) in [5.41, 5.74) is 0.904. The molecule has 0 aliphatic carbocycles. The first-order chi connectivity index (χ1) is 9.62. The molecule has 0 fully saturated rings. The number of nitrogens with two attached hydrogens (primary N) is 1. The van der Waals surface area contributed by atoms with Crippen molar-refractivity contribution in [2.24, 2.45) is 5.73 Å². The van der Waals surface area contributed by atoms with E-state index in [1.54, 1.807) is 0 Å². The van der Waals surface area contributed by atoms with Crippen molar-refractivity contribution in [1.82, 2.24) is 0 Å². The van der Waals surface area contributed by atoms with Crippen LogP contribution in [0.25, 0.3) is 0 Å². The van der Waals surface area contributed by atoms with Crippen molar-refractivity contribution in [2.75, 3.05) is 6.61 Å². The van der Waals surface area contributed by atoms with E-state index in [2.05, 4.69) is 8.37 Å². The van der Waals surface area contributed by atoms with Crippen molar-refractivity contribution in [3.8, 4) is 0 Å². The van der Waals surface area contributed by atoms with Gasteiger partial charge in [0.2, 0.25) is 26.5 Å². The molecule has 0 aromatic carbocycles. The summed E-state index contributed by atoms with van der Waals surface area (Å²) >= 11 is 0. The fraction of sp³-hybridized carbons (Fsp3) is 0.833. The van der Waals surface area contributed by atoms with Crippen LogP contribution in [0.2, 0.25) is 0 Å². The maximum atomic E-state index is 10.8. The summed E-state index contributed by atoms with van der Waals surface area (Å²) in [5.74, 6) is -4.27. The summed E-state index contributed by atoms with van der Waals surface area (Å²) < 4.78 is 69.8.